The van der Waals surface area contributed by atoms with E-state index >= 15 is 0 Å². The molecule has 0 aliphatic carbocycles. The number of nitrogens with zero attached hydrogens (tertiary/aromatic N) is 1. The van der Waals surface area contributed by atoms with Gasteiger partial charge in [0.1, 0.15) is 17.1 Å². The van der Waals surface area contributed by atoms with Crippen LogP contribution in [-0.2, 0) is 0 Å². The van der Waals surface area contributed by atoms with Gasteiger partial charge in [-0.3, -0.25) is 4.79 Å². The number of hydrogen-bond donors (Lipinski definition) is 1. The third kappa shape index (κ3) is 4.11. The summed E-state index contributed by atoms with van der Waals surface area (Å²) in [4.78, 5) is 19.6. The van der Waals surface area contributed by atoms with E-state index in [4.69, 9.17) is 14.2 Å². The van der Waals surface area contributed by atoms with Gasteiger partial charge in [-0.25, -0.2) is 4.98 Å². The third-order valence-corrected chi connectivity index (χ3v) is 3.94. The predicted octanol–water partition coefficient (Wildman–Crippen LogP) is 3.90. The number of ether oxygens (including phenoxy) is 3. The average Bonchev–Trinajstić information content (AvgIpc) is 2.68. The average molecular weight is 366 g/mol. The number of rotatable bonds is 7. The number of nitrogens with one attached hydrogen (secondary N) is 1. The molecule has 6 nitrogen and oxygen atoms in total. The van der Waals surface area contributed by atoms with E-state index in [0.29, 0.717) is 47.2 Å². The summed E-state index contributed by atoms with van der Waals surface area (Å²) < 4.78 is 16.5. The standard InChI is InChI=1S/C21H22N2O4/c1-4-26-16-11-9-14(13-18(16)27-5-2)10-12-19-22-20-15(21(24)23-19)7-6-8-17(20)25-3/h6-13H,4-5H2,1-3H3,(H,22,23,24). The molecule has 0 saturated carbocycles. The number of benzene rings is 2. The lowest BCUT2D eigenvalue weighted by Crippen LogP contribution is -2.10. The molecule has 0 saturated heterocycles. The van der Waals surface area contributed by atoms with E-state index in [1.807, 2.05) is 38.1 Å². The lowest BCUT2D eigenvalue weighted by atomic mass is 10.2. The molecule has 1 aromatic heterocycles. The van der Waals surface area contributed by atoms with Crippen molar-refractivity contribution in [3.63, 3.8) is 0 Å². The van der Waals surface area contributed by atoms with Crippen LogP contribution >= 0.6 is 0 Å². The number of fused-ring (bicyclic) bond motifs is 1. The summed E-state index contributed by atoms with van der Waals surface area (Å²) in [6, 6.07) is 11.0. The van der Waals surface area contributed by atoms with Crippen LogP contribution < -0.4 is 19.8 Å². The van der Waals surface area contributed by atoms with Gasteiger partial charge in [-0.05, 0) is 49.8 Å². The fraction of sp³-hybridized carbons (Fsp3) is 0.238. The van der Waals surface area contributed by atoms with Gasteiger partial charge in [0.15, 0.2) is 11.5 Å². The van der Waals surface area contributed by atoms with Crippen molar-refractivity contribution >= 4 is 23.1 Å². The molecule has 27 heavy (non-hydrogen) atoms. The van der Waals surface area contributed by atoms with Gasteiger partial charge in [0.05, 0.1) is 25.7 Å². The predicted molar refractivity (Wildman–Crippen MR) is 107 cm³/mol. The first-order chi connectivity index (χ1) is 13.2. The van der Waals surface area contributed by atoms with E-state index < -0.39 is 0 Å². The molecule has 0 aliphatic heterocycles. The maximum absolute atomic E-state index is 12.3. The highest BCUT2D eigenvalue weighted by atomic mass is 16.5. The van der Waals surface area contributed by atoms with Crippen LogP contribution in [0.2, 0.25) is 0 Å². The van der Waals surface area contributed by atoms with Crippen LogP contribution in [0.3, 0.4) is 0 Å². The zero-order chi connectivity index (χ0) is 19.2. The second-order valence-corrected chi connectivity index (χ2v) is 5.71. The Morgan fingerprint density at radius 3 is 2.52 bits per heavy atom. The highest BCUT2D eigenvalue weighted by Crippen LogP contribution is 2.29. The van der Waals surface area contributed by atoms with Crippen LogP contribution in [0.4, 0.5) is 0 Å². The monoisotopic (exact) mass is 366 g/mol. The molecular weight excluding hydrogens is 344 g/mol. The number of H-pyrrole nitrogens is 1. The zero-order valence-corrected chi connectivity index (χ0v) is 15.6. The zero-order valence-electron chi connectivity index (χ0n) is 15.6. The normalized spacial score (nSPS) is 11.1. The minimum absolute atomic E-state index is 0.208. The SMILES string of the molecule is CCOc1ccc(C=Cc2nc3c(OC)cccc3c(=O)[nH]2)cc1OCC. The molecule has 0 fully saturated rings. The Labute approximate surface area is 157 Å². The number of para-hydroxylation sites is 1. The highest BCUT2D eigenvalue weighted by molar-refractivity contribution is 5.84. The van der Waals surface area contributed by atoms with Gasteiger partial charge in [0.25, 0.3) is 5.56 Å². The summed E-state index contributed by atoms with van der Waals surface area (Å²) in [6.07, 6.45) is 3.61. The minimum Gasteiger partial charge on any atom is -0.494 e. The first-order valence-electron chi connectivity index (χ1n) is 8.81. The van der Waals surface area contributed by atoms with Crippen molar-refractivity contribution < 1.29 is 14.2 Å². The molecular formula is C21H22N2O4. The molecule has 0 radical (unpaired) electrons. The number of methoxy groups -OCH3 is 1. The molecule has 1 N–H and O–H groups in total. The largest absolute Gasteiger partial charge is 0.494 e. The second-order valence-electron chi connectivity index (χ2n) is 5.71. The van der Waals surface area contributed by atoms with E-state index in [0.717, 1.165) is 5.56 Å². The third-order valence-electron chi connectivity index (χ3n) is 3.94. The number of aromatic nitrogens is 2. The number of aromatic amines is 1. The Morgan fingerprint density at radius 2 is 1.78 bits per heavy atom. The maximum Gasteiger partial charge on any atom is 0.259 e. The van der Waals surface area contributed by atoms with Crippen molar-refractivity contribution in [1.29, 1.82) is 0 Å². The van der Waals surface area contributed by atoms with Crippen LogP contribution in [0.15, 0.2) is 41.2 Å². The van der Waals surface area contributed by atoms with Gasteiger partial charge in [0.2, 0.25) is 0 Å². The molecule has 140 valence electrons. The molecule has 0 bridgehead atoms. The molecule has 2 aromatic carbocycles. The van der Waals surface area contributed by atoms with Crippen LogP contribution in [0.1, 0.15) is 25.2 Å². The molecule has 0 unspecified atom stereocenters. The van der Waals surface area contributed by atoms with E-state index in [1.54, 1.807) is 31.4 Å². The van der Waals surface area contributed by atoms with Crippen molar-refractivity contribution in [3.05, 3.63) is 58.1 Å². The van der Waals surface area contributed by atoms with Gasteiger partial charge in [-0.1, -0.05) is 18.2 Å². The van der Waals surface area contributed by atoms with E-state index in [1.165, 1.54) is 0 Å². The molecule has 0 spiro atoms. The molecule has 0 amide bonds. The van der Waals surface area contributed by atoms with Gasteiger partial charge in [0, 0.05) is 0 Å². The summed E-state index contributed by atoms with van der Waals surface area (Å²) in [5.41, 5.74) is 1.23. The van der Waals surface area contributed by atoms with Crippen LogP contribution in [0, 0.1) is 0 Å². The molecule has 3 aromatic rings. The first kappa shape index (κ1) is 18.5. The first-order valence-corrected chi connectivity index (χ1v) is 8.81. The second kappa shape index (κ2) is 8.40. The van der Waals surface area contributed by atoms with Crippen LogP contribution in [-0.4, -0.2) is 30.3 Å². The summed E-state index contributed by atoms with van der Waals surface area (Å²) >= 11 is 0. The molecule has 0 aliphatic rings. The van der Waals surface area contributed by atoms with Gasteiger partial charge in [-0.2, -0.15) is 0 Å². The van der Waals surface area contributed by atoms with Crippen molar-refractivity contribution in [2.45, 2.75) is 13.8 Å². The Balaban J connectivity index is 1.96. The van der Waals surface area contributed by atoms with Gasteiger partial charge in [-0.15, -0.1) is 0 Å². The minimum atomic E-state index is -0.208. The Bertz CT molecular complexity index is 1020. The molecule has 3 rings (SSSR count). The Hall–Kier alpha value is -3.28. The molecule has 0 atom stereocenters. The number of hydrogen-bond acceptors (Lipinski definition) is 5. The maximum atomic E-state index is 12.3. The van der Waals surface area contributed by atoms with Crippen LogP contribution in [0.25, 0.3) is 23.1 Å². The van der Waals surface area contributed by atoms with Crippen molar-refractivity contribution in [2.24, 2.45) is 0 Å². The van der Waals surface area contributed by atoms with E-state index in [9.17, 15) is 4.79 Å². The fourth-order valence-electron chi connectivity index (χ4n) is 2.74. The van der Waals surface area contributed by atoms with E-state index in [2.05, 4.69) is 9.97 Å². The van der Waals surface area contributed by atoms with Gasteiger partial charge >= 0.3 is 0 Å². The van der Waals surface area contributed by atoms with Gasteiger partial charge < -0.3 is 19.2 Å². The van der Waals surface area contributed by atoms with Crippen LogP contribution in [0.5, 0.6) is 17.2 Å². The fourth-order valence-corrected chi connectivity index (χ4v) is 2.74. The Morgan fingerprint density at radius 1 is 1.00 bits per heavy atom. The summed E-state index contributed by atoms with van der Waals surface area (Å²) in [7, 11) is 1.56. The lowest BCUT2D eigenvalue weighted by Gasteiger charge is -2.11. The van der Waals surface area contributed by atoms with Crippen molar-refractivity contribution in [1.82, 2.24) is 9.97 Å². The van der Waals surface area contributed by atoms with E-state index in [-0.39, 0.29) is 5.56 Å². The van der Waals surface area contributed by atoms with Crippen molar-refractivity contribution in [2.75, 3.05) is 20.3 Å². The van der Waals surface area contributed by atoms with Crippen molar-refractivity contribution in [3.8, 4) is 17.2 Å². The smallest absolute Gasteiger partial charge is 0.259 e. The highest BCUT2D eigenvalue weighted by Gasteiger charge is 2.08. The molecule has 1 heterocycles. The Kier molecular flexibility index (Phi) is 5.76. The topological polar surface area (TPSA) is 73.4 Å². The quantitative estimate of drug-likeness (QED) is 0.686. The summed E-state index contributed by atoms with van der Waals surface area (Å²) in [5, 5.41) is 0.492. The molecule has 6 heteroatoms. The summed E-state index contributed by atoms with van der Waals surface area (Å²) in [5.74, 6) is 2.40. The lowest BCUT2D eigenvalue weighted by molar-refractivity contribution is 0.287. The summed E-state index contributed by atoms with van der Waals surface area (Å²) in [6.45, 7) is 4.97.